The van der Waals surface area contributed by atoms with E-state index in [1.54, 1.807) is 6.07 Å². The largest absolute Gasteiger partial charge is 0.325 e. The molecule has 0 aromatic heterocycles. The van der Waals surface area contributed by atoms with Gasteiger partial charge in [0.25, 0.3) is 0 Å². The first-order valence-corrected chi connectivity index (χ1v) is 4.80. The van der Waals surface area contributed by atoms with Gasteiger partial charge in [0.2, 0.25) is 5.91 Å². The molecule has 0 unspecified atom stereocenters. The van der Waals surface area contributed by atoms with Crippen LogP contribution in [-0.2, 0) is 11.3 Å². The molecule has 2 rings (SSSR count). The monoisotopic (exact) mass is 210 g/mol. The first-order chi connectivity index (χ1) is 6.65. The van der Waals surface area contributed by atoms with Crippen molar-refractivity contribution >= 4 is 23.2 Å². The van der Waals surface area contributed by atoms with Gasteiger partial charge in [-0.3, -0.25) is 9.69 Å². The zero-order chi connectivity index (χ0) is 10.1. The van der Waals surface area contributed by atoms with Crippen molar-refractivity contribution in [3.63, 3.8) is 0 Å². The van der Waals surface area contributed by atoms with Crippen LogP contribution in [0.2, 0.25) is 5.02 Å². The van der Waals surface area contributed by atoms with Gasteiger partial charge in [0.05, 0.1) is 6.54 Å². The van der Waals surface area contributed by atoms with Crippen LogP contribution in [0.4, 0.5) is 5.69 Å². The third-order valence-corrected chi connectivity index (χ3v) is 2.43. The van der Waals surface area contributed by atoms with Crippen molar-refractivity contribution in [3.05, 3.63) is 28.8 Å². The van der Waals surface area contributed by atoms with Gasteiger partial charge in [-0.25, -0.2) is 0 Å². The maximum Gasteiger partial charge on any atom is 0.238 e. The Hall–Kier alpha value is -1.06. The number of hydrogen-bond acceptors (Lipinski definition) is 2. The molecule has 1 heterocycles. The molecule has 14 heavy (non-hydrogen) atoms. The normalized spacial score (nSPS) is 17.1. The number of fused-ring (bicyclic) bond motifs is 1. The summed E-state index contributed by atoms with van der Waals surface area (Å²) in [6.07, 6.45) is 0. The van der Waals surface area contributed by atoms with Crippen LogP contribution in [0.5, 0.6) is 0 Å². The fraction of sp³-hybridized carbons (Fsp3) is 0.300. The highest BCUT2D eigenvalue weighted by molar-refractivity contribution is 6.30. The predicted octanol–water partition coefficient (Wildman–Crippen LogP) is 1.72. The summed E-state index contributed by atoms with van der Waals surface area (Å²) in [5.74, 6) is 0.0218. The molecular weight excluding hydrogens is 200 g/mol. The average molecular weight is 211 g/mol. The van der Waals surface area contributed by atoms with Crippen LogP contribution in [0, 0.1) is 0 Å². The van der Waals surface area contributed by atoms with Gasteiger partial charge in [-0.2, -0.15) is 0 Å². The Morgan fingerprint density at radius 3 is 3.00 bits per heavy atom. The highest BCUT2D eigenvalue weighted by atomic mass is 35.5. The fourth-order valence-electron chi connectivity index (χ4n) is 1.60. The summed E-state index contributed by atoms with van der Waals surface area (Å²) in [7, 11) is 1.91. The fourth-order valence-corrected chi connectivity index (χ4v) is 1.79. The maximum atomic E-state index is 11.4. The van der Waals surface area contributed by atoms with E-state index in [1.165, 1.54) is 0 Å². The van der Waals surface area contributed by atoms with Crippen LogP contribution < -0.4 is 5.32 Å². The quantitative estimate of drug-likeness (QED) is 0.707. The second-order valence-corrected chi connectivity index (χ2v) is 3.96. The van der Waals surface area contributed by atoms with E-state index in [0.717, 1.165) is 17.8 Å². The highest BCUT2D eigenvalue weighted by Crippen LogP contribution is 2.23. The second-order valence-electron chi connectivity index (χ2n) is 3.52. The topological polar surface area (TPSA) is 32.3 Å². The van der Waals surface area contributed by atoms with Gasteiger partial charge in [-0.15, -0.1) is 0 Å². The average Bonchev–Trinajstić information content (AvgIpc) is 2.21. The lowest BCUT2D eigenvalue weighted by atomic mass is 10.2. The molecule has 0 saturated heterocycles. The second kappa shape index (κ2) is 3.59. The lowest BCUT2D eigenvalue weighted by Crippen LogP contribution is -2.26. The molecule has 0 spiro atoms. The Morgan fingerprint density at radius 2 is 2.21 bits per heavy atom. The molecule has 1 aliphatic heterocycles. The summed E-state index contributed by atoms with van der Waals surface area (Å²) in [6, 6.07) is 5.51. The Kier molecular flexibility index (Phi) is 2.44. The number of rotatable bonds is 0. The lowest BCUT2D eigenvalue weighted by Gasteiger charge is -2.11. The molecule has 1 amide bonds. The summed E-state index contributed by atoms with van der Waals surface area (Å²) < 4.78 is 0. The number of likely N-dealkylation sites (N-methyl/N-ethyl adjacent to an activating group) is 1. The van der Waals surface area contributed by atoms with Gasteiger partial charge in [0.1, 0.15) is 0 Å². The molecule has 1 aliphatic rings. The van der Waals surface area contributed by atoms with Crippen molar-refractivity contribution in [2.75, 3.05) is 18.9 Å². The number of nitrogens with one attached hydrogen (secondary N) is 1. The SMILES string of the molecule is CN1CC(=O)Nc2ccc(Cl)cc2C1. The Balaban J connectivity index is 2.41. The zero-order valence-corrected chi connectivity index (χ0v) is 8.64. The van der Waals surface area contributed by atoms with Crippen molar-refractivity contribution < 1.29 is 4.79 Å². The summed E-state index contributed by atoms with van der Waals surface area (Å²) in [6.45, 7) is 1.17. The van der Waals surface area contributed by atoms with Gasteiger partial charge in [-0.1, -0.05) is 11.6 Å². The lowest BCUT2D eigenvalue weighted by molar-refractivity contribution is -0.116. The number of nitrogens with zero attached hydrogens (tertiary/aromatic N) is 1. The molecule has 0 bridgehead atoms. The third kappa shape index (κ3) is 1.89. The number of amides is 1. The van der Waals surface area contributed by atoms with Crippen molar-refractivity contribution in [1.29, 1.82) is 0 Å². The van der Waals surface area contributed by atoms with Crippen LogP contribution in [0.3, 0.4) is 0 Å². The van der Waals surface area contributed by atoms with E-state index in [4.69, 9.17) is 11.6 Å². The summed E-state index contributed by atoms with van der Waals surface area (Å²) >= 11 is 5.88. The standard InChI is InChI=1S/C10H11ClN2O/c1-13-5-7-4-8(11)2-3-9(7)12-10(14)6-13/h2-4H,5-6H2,1H3,(H,12,14). The minimum absolute atomic E-state index is 0.0218. The van der Waals surface area contributed by atoms with Gasteiger partial charge < -0.3 is 5.32 Å². The van der Waals surface area contributed by atoms with Crippen molar-refractivity contribution in [1.82, 2.24) is 4.90 Å². The van der Waals surface area contributed by atoms with E-state index in [1.807, 2.05) is 24.1 Å². The number of anilines is 1. The van der Waals surface area contributed by atoms with E-state index in [2.05, 4.69) is 5.32 Å². The Morgan fingerprint density at radius 1 is 1.43 bits per heavy atom. The molecule has 0 aliphatic carbocycles. The number of benzene rings is 1. The minimum Gasteiger partial charge on any atom is -0.325 e. The Bertz CT molecular complexity index is 378. The van der Waals surface area contributed by atoms with Crippen LogP contribution in [0.15, 0.2) is 18.2 Å². The molecule has 0 fully saturated rings. The zero-order valence-electron chi connectivity index (χ0n) is 7.88. The van der Waals surface area contributed by atoms with Crippen molar-refractivity contribution in [2.24, 2.45) is 0 Å². The molecule has 1 aromatic carbocycles. The summed E-state index contributed by atoms with van der Waals surface area (Å²) in [5, 5.41) is 3.54. The van der Waals surface area contributed by atoms with Gasteiger partial charge >= 0.3 is 0 Å². The van der Waals surface area contributed by atoms with Gasteiger partial charge in [0, 0.05) is 17.3 Å². The summed E-state index contributed by atoms with van der Waals surface area (Å²) in [4.78, 5) is 13.3. The van der Waals surface area contributed by atoms with Gasteiger partial charge in [0.15, 0.2) is 0 Å². The van der Waals surface area contributed by atoms with Crippen LogP contribution in [0.25, 0.3) is 0 Å². The smallest absolute Gasteiger partial charge is 0.238 e. The van der Waals surface area contributed by atoms with E-state index >= 15 is 0 Å². The number of carbonyl (C=O) groups is 1. The first kappa shape index (κ1) is 9.49. The molecular formula is C10H11ClN2O. The van der Waals surface area contributed by atoms with Crippen LogP contribution in [-0.4, -0.2) is 24.4 Å². The van der Waals surface area contributed by atoms with Gasteiger partial charge in [-0.05, 0) is 30.8 Å². The molecule has 0 atom stereocenters. The van der Waals surface area contributed by atoms with Crippen molar-refractivity contribution in [3.8, 4) is 0 Å². The number of hydrogen-bond donors (Lipinski definition) is 1. The predicted molar refractivity (Wildman–Crippen MR) is 56.4 cm³/mol. The molecule has 4 heteroatoms. The first-order valence-electron chi connectivity index (χ1n) is 4.42. The molecule has 3 nitrogen and oxygen atoms in total. The third-order valence-electron chi connectivity index (χ3n) is 2.20. The summed E-state index contributed by atoms with van der Waals surface area (Å²) in [5.41, 5.74) is 1.93. The molecule has 1 N–H and O–H groups in total. The highest BCUT2D eigenvalue weighted by Gasteiger charge is 2.15. The molecule has 0 saturated carbocycles. The number of carbonyl (C=O) groups excluding carboxylic acids is 1. The number of halogens is 1. The van der Waals surface area contributed by atoms with E-state index in [0.29, 0.717) is 11.6 Å². The molecule has 74 valence electrons. The van der Waals surface area contributed by atoms with E-state index in [-0.39, 0.29) is 5.91 Å². The Labute approximate surface area is 87.7 Å². The minimum atomic E-state index is 0.0218. The molecule has 0 radical (unpaired) electrons. The van der Waals surface area contributed by atoms with Crippen LogP contribution in [0.1, 0.15) is 5.56 Å². The van der Waals surface area contributed by atoms with E-state index < -0.39 is 0 Å². The van der Waals surface area contributed by atoms with Crippen LogP contribution >= 0.6 is 11.6 Å². The van der Waals surface area contributed by atoms with E-state index in [9.17, 15) is 4.79 Å². The molecule has 1 aromatic rings. The maximum absolute atomic E-state index is 11.4. The van der Waals surface area contributed by atoms with Crippen molar-refractivity contribution in [2.45, 2.75) is 6.54 Å².